The van der Waals surface area contributed by atoms with Gasteiger partial charge in [-0.2, -0.15) is 0 Å². The Balaban J connectivity index is 1.37. The van der Waals surface area contributed by atoms with Crippen LogP contribution >= 0.6 is 0 Å². The van der Waals surface area contributed by atoms with Crippen LogP contribution in [0.25, 0.3) is 0 Å². The number of nitrogens with one attached hydrogen (secondary N) is 1. The maximum atomic E-state index is 12.4. The van der Waals surface area contributed by atoms with E-state index in [0.29, 0.717) is 44.8 Å². The van der Waals surface area contributed by atoms with E-state index in [-0.39, 0.29) is 17.7 Å². The van der Waals surface area contributed by atoms with Crippen LogP contribution in [0, 0.1) is 5.92 Å². The molecule has 0 aromatic carbocycles. The Bertz CT molecular complexity index is 607. The SMILES string of the molecule is O=C(NCCOc1cccnc1)C1CCC(=O)N(CCN2CCOCC2)C1. The van der Waals surface area contributed by atoms with E-state index in [0.717, 1.165) is 32.8 Å². The molecular formula is C19H28N4O4. The first-order chi connectivity index (χ1) is 13.2. The zero-order valence-electron chi connectivity index (χ0n) is 15.6. The zero-order valence-corrected chi connectivity index (χ0v) is 15.6. The number of carbonyl (C=O) groups is 2. The van der Waals surface area contributed by atoms with Gasteiger partial charge in [-0.1, -0.05) is 0 Å². The normalized spacial score (nSPS) is 21.1. The molecule has 1 atom stereocenters. The van der Waals surface area contributed by atoms with E-state index in [9.17, 15) is 9.59 Å². The maximum Gasteiger partial charge on any atom is 0.225 e. The Hall–Kier alpha value is -2.19. The monoisotopic (exact) mass is 376 g/mol. The fourth-order valence-electron chi connectivity index (χ4n) is 3.35. The van der Waals surface area contributed by atoms with Crippen LogP contribution in [0.1, 0.15) is 12.8 Å². The lowest BCUT2D eigenvalue weighted by Crippen LogP contribution is -2.49. The van der Waals surface area contributed by atoms with E-state index < -0.39 is 0 Å². The fourth-order valence-corrected chi connectivity index (χ4v) is 3.35. The molecule has 0 radical (unpaired) electrons. The fraction of sp³-hybridized carbons (Fsp3) is 0.632. The van der Waals surface area contributed by atoms with Gasteiger partial charge in [0.15, 0.2) is 0 Å². The van der Waals surface area contributed by atoms with Crippen molar-refractivity contribution >= 4 is 11.8 Å². The molecule has 1 aromatic heterocycles. The Morgan fingerprint density at radius 2 is 2.19 bits per heavy atom. The zero-order chi connectivity index (χ0) is 18.9. The van der Waals surface area contributed by atoms with Crippen LogP contribution in [0.2, 0.25) is 0 Å². The molecule has 3 rings (SSSR count). The van der Waals surface area contributed by atoms with Crippen LogP contribution in [0.3, 0.4) is 0 Å². The molecule has 2 aliphatic heterocycles. The van der Waals surface area contributed by atoms with Gasteiger partial charge in [0.25, 0.3) is 0 Å². The molecule has 148 valence electrons. The highest BCUT2D eigenvalue weighted by molar-refractivity contribution is 5.83. The predicted molar refractivity (Wildman–Crippen MR) is 99.3 cm³/mol. The predicted octanol–water partition coefficient (Wildman–Crippen LogP) is 0.147. The first-order valence-corrected chi connectivity index (χ1v) is 9.61. The van der Waals surface area contributed by atoms with Crippen molar-refractivity contribution in [3.63, 3.8) is 0 Å². The van der Waals surface area contributed by atoms with Crippen molar-refractivity contribution in [3.05, 3.63) is 24.5 Å². The minimum Gasteiger partial charge on any atom is -0.490 e. The number of piperidine rings is 1. The number of amides is 2. The Morgan fingerprint density at radius 1 is 1.33 bits per heavy atom. The second kappa shape index (κ2) is 10.2. The van der Waals surface area contributed by atoms with Crippen molar-refractivity contribution in [2.45, 2.75) is 12.8 Å². The second-order valence-corrected chi connectivity index (χ2v) is 6.86. The molecule has 1 N–H and O–H groups in total. The van der Waals surface area contributed by atoms with Gasteiger partial charge < -0.3 is 19.7 Å². The highest BCUT2D eigenvalue weighted by Crippen LogP contribution is 2.18. The van der Waals surface area contributed by atoms with E-state index >= 15 is 0 Å². The average molecular weight is 376 g/mol. The molecule has 3 heterocycles. The lowest BCUT2D eigenvalue weighted by atomic mass is 9.96. The number of likely N-dealkylation sites (tertiary alicyclic amines) is 1. The largest absolute Gasteiger partial charge is 0.490 e. The third kappa shape index (κ3) is 6.18. The second-order valence-electron chi connectivity index (χ2n) is 6.86. The molecular weight excluding hydrogens is 348 g/mol. The third-order valence-electron chi connectivity index (χ3n) is 4.97. The number of hydrogen-bond acceptors (Lipinski definition) is 6. The molecule has 8 heteroatoms. The van der Waals surface area contributed by atoms with E-state index in [1.807, 2.05) is 11.0 Å². The quantitative estimate of drug-likeness (QED) is 0.650. The smallest absolute Gasteiger partial charge is 0.225 e. The molecule has 2 aliphatic rings. The van der Waals surface area contributed by atoms with Crippen molar-refractivity contribution in [1.29, 1.82) is 0 Å². The number of aromatic nitrogens is 1. The summed E-state index contributed by atoms with van der Waals surface area (Å²) in [7, 11) is 0. The van der Waals surface area contributed by atoms with Gasteiger partial charge in [-0.25, -0.2) is 0 Å². The molecule has 0 aliphatic carbocycles. The summed E-state index contributed by atoms with van der Waals surface area (Å²) in [5.74, 6) is 0.677. The van der Waals surface area contributed by atoms with Gasteiger partial charge in [-0.05, 0) is 18.6 Å². The molecule has 8 nitrogen and oxygen atoms in total. The van der Waals surface area contributed by atoms with Crippen LogP contribution in [0.4, 0.5) is 0 Å². The molecule has 27 heavy (non-hydrogen) atoms. The lowest BCUT2D eigenvalue weighted by molar-refractivity contribution is -0.138. The number of morpholine rings is 1. The minimum absolute atomic E-state index is 0.00587. The summed E-state index contributed by atoms with van der Waals surface area (Å²) < 4.78 is 10.9. The number of ether oxygens (including phenoxy) is 2. The lowest BCUT2D eigenvalue weighted by Gasteiger charge is -2.34. The van der Waals surface area contributed by atoms with Gasteiger partial charge in [-0.3, -0.25) is 19.5 Å². The first kappa shape index (κ1) is 19.6. The average Bonchev–Trinajstić information content (AvgIpc) is 2.72. The van der Waals surface area contributed by atoms with E-state index in [2.05, 4.69) is 15.2 Å². The highest BCUT2D eigenvalue weighted by Gasteiger charge is 2.30. The third-order valence-corrected chi connectivity index (χ3v) is 4.97. The molecule has 0 saturated carbocycles. The van der Waals surface area contributed by atoms with Crippen LogP contribution in [-0.4, -0.2) is 85.7 Å². The summed E-state index contributed by atoms with van der Waals surface area (Å²) >= 11 is 0. The molecule has 0 spiro atoms. The van der Waals surface area contributed by atoms with Gasteiger partial charge >= 0.3 is 0 Å². The molecule has 0 bridgehead atoms. The van der Waals surface area contributed by atoms with Crippen molar-refractivity contribution in [2.75, 3.05) is 59.1 Å². The van der Waals surface area contributed by atoms with Crippen LogP contribution < -0.4 is 10.1 Å². The van der Waals surface area contributed by atoms with Crippen molar-refractivity contribution in [1.82, 2.24) is 20.1 Å². The van der Waals surface area contributed by atoms with Crippen molar-refractivity contribution in [3.8, 4) is 5.75 Å². The summed E-state index contributed by atoms with van der Waals surface area (Å²) in [6, 6.07) is 3.63. The molecule has 1 aromatic rings. The van der Waals surface area contributed by atoms with Gasteiger partial charge in [-0.15, -0.1) is 0 Å². The van der Waals surface area contributed by atoms with Gasteiger partial charge in [0.05, 0.1) is 31.9 Å². The van der Waals surface area contributed by atoms with Crippen molar-refractivity contribution < 1.29 is 19.1 Å². The summed E-state index contributed by atoms with van der Waals surface area (Å²) in [5.41, 5.74) is 0. The van der Waals surface area contributed by atoms with Gasteiger partial charge in [0, 0.05) is 45.3 Å². The summed E-state index contributed by atoms with van der Waals surface area (Å²) in [6.07, 6.45) is 4.38. The molecule has 2 fully saturated rings. The first-order valence-electron chi connectivity index (χ1n) is 9.61. The van der Waals surface area contributed by atoms with Crippen LogP contribution in [0.5, 0.6) is 5.75 Å². The van der Waals surface area contributed by atoms with Crippen LogP contribution in [-0.2, 0) is 14.3 Å². The van der Waals surface area contributed by atoms with E-state index in [1.165, 1.54) is 0 Å². The molecule has 1 unspecified atom stereocenters. The number of nitrogens with zero attached hydrogens (tertiary/aromatic N) is 3. The van der Waals surface area contributed by atoms with E-state index in [4.69, 9.17) is 9.47 Å². The highest BCUT2D eigenvalue weighted by atomic mass is 16.5. The van der Waals surface area contributed by atoms with Gasteiger partial charge in [0.2, 0.25) is 11.8 Å². The summed E-state index contributed by atoms with van der Waals surface area (Å²) in [5, 5.41) is 2.91. The maximum absolute atomic E-state index is 12.4. The molecule has 2 amide bonds. The van der Waals surface area contributed by atoms with Crippen LogP contribution in [0.15, 0.2) is 24.5 Å². The number of pyridine rings is 1. The standard InChI is InChI=1S/C19H28N4O4/c24-18-4-3-16(15-23(18)8-7-22-9-12-26-13-10-22)19(25)21-6-11-27-17-2-1-5-20-14-17/h1-2,5,14,16H,3-4,6-13,15H2,(H,21,25). The topological polar surface area (TPSA) is 84.0 Å². The Morgan fingerprint density at radius 3 is 2.96 bits per heavy atom. The number of carbonyl (C=O) groups excluding carboxylic acids is 2. The van der Waals surface area contributed by atoms with Gasteiger partial charge in [0.1, 0.15) is 12.4 Å². The number of hydrogen-bond donors (Lipinski definition) is 1. The Kier molecular flexibility index (Phi) is 7.41. The van der Waals surface area contributed by atoms with Crippen molar-refractivity contribution in [2.24, 2.45) is 5.92 Å². The van der Waals surface area contributed by atoms with E-state index in [1.54, 1.807) is 18.5 Å². The molecule has 2 saturated heterocycles. The minimum atomic E-state index is -0.147. The Labute approximate surface area is 159 Å². The number of rotatable bonds is 8. The summed E-state index contributed by atoms with van der Waals surface area (Å²) in [4.78, 5) is 32.7. The summed E-state index contributed by atoms with van der Waals surface area (Å²) in [6.45, 7) is 6.15.